The van der Waals surface area contributed by atoms with Crippen molar-refractivity contribution >= 4 is 50.0 Å². The van der Waals surface area contributed by atoms with Gasteiger partial charge in [0.25, 0.3) is 5.91 Å². The molecule has 0 saturated carbocycles. The normalized spacial score (nSPS) is 10.6. The van der Waals surface area contributed by atoms with Gasteiger partial charge in [0.2, 0.25) is 0 Å². The SMILES string of the molecule is CCc1ccc(NC(=O)Nc2cc(C)c3nc(NC(=O)c4ccccc4)sc3c2)cc1. The second kappa shape index (κ2) is 8.97. The Kier molecular flexibility index (Phi) is 5.95. The minimum absolute atomic E-state index is 0.205. The quantitative estimate of drug-likeness (QED) is 0.360. The summed E-state index contributed by atoms with van der Waals surface area (Å²) in [4.78, 5) is 29.3. The van der Waals surface area contributed by atoms with E-state index in [0.717, 1.165) is 27.9 Å². The van der Waals surface area contributed by atoms with E-state index in [4.69, 9.17) is 0 Å². The molecular formula is C24H22N4O2S. The average molecular weight is 431 g/mol. The van der Waals surface area contributed by atoms with Crippen LogP contribution in [-0.2, 0) is 6.42 Å². The third-order valence-electron chi connectivity index (χ3n) is 4.82. The lowest BCUT2D eigenvalue weighted by molar-refractivity contribution is 0.102. The second-order valence-corrected chi connectivity index (χ2v) is 8.14. The molecule has 4 aromatic rings. The van der Waals surface area contributed by atoms with Gasteiger partial charge in [-0.3, -0.25) is 10.1 Å². The molecule has 156 valence electrons. The summed E-state index contributed by atoms with van der Waals surface area (Å²) in [7, 11) is 0. The molecule has 0 bridgehead atoms. The van der Waals surface area contributed by atoms with Crippen molar-refractivity contribution in [3.63, 3.8) is 0 Å². The number of rotatable bonds is 5. The Balaban J connectivity index is 1.47. The van der Waals surface area contributed by atoms with E-state index < -0.39 is 0 Å². The minimum Gasteiger partial charge on any atom is -0.308 e. The highest BCUT2D eigenvalue weighted by atomic mass is 32.1. The number of urea groups is 1. The van der Waals surface area contributed by atoms with Crippen molar-refractivity contribution in [1.82, 2.24) is 4.98 Å². The average Bonchev–Trinajstić information content (AvgIpc) is 3.17. The van der Waals surface area contributed by atoms with Crippen LogP contribution in [0.25, 0.3) is 10.2 Å². The summed E-state index contributed by atoms with van der Waals surface area (Å²) in [5.74, 6) is -0.205. The summed E-state index contributed by atoms with van der Waals surface area (Å²) in [6.07, 6.45) is 0.953. The number of carbonyl (C=O) groups is 2. The maximum absolute atomic E-state index is 12.4. The fourth-order valence-corrected chi connectivity index (χ4v) is 4.18. The number of nitrogens with zero attached hydrogens (tertiary/aromatic N) is 1. The number of nitrogens with one attached hydrogen (secondary N) is 3. The Hall–Kier alpha value is -3.71. The van der Waals surface area contributed by atoms with Crippen LogP contribution >= 0.6 is 11.3 Å². The maximum atomic E-state index is 12.4. The highest BCUT2D eigenvalue weighted by Gasteiger charge is 2.13. The lowest BCUT2D eigenvalue weighted by atomic mass is 10.1. The first-order chi connectivity index (χ1) is 15.0. The number of thiazole rings is 1. The van der Waals surface area contributed by atoms with Gasteiger partial charge in [-0.05, 0) is 60.9 Å². The van der Waals surface area contributed by atoms with Gasteiger partial charge in [0, 0.05) is 16.9 Å². The maximum Gasteiger partial charge on any atom is 0.323 e. The number of anilines is 3. The molecule has 0 aliphatic rings. The first kappa shape index (κ1) is 20.6. The summed E-state index contributed by atoms with van der Waals surface area (Å²) >= 11 is 1.37. The van der Waals surface area contributed by atoms with Crippen LogP contribution in [0.5, 0.6) is 0 Å². The Morgan fingerprint density at radius 2 is 1.61 bits per heavy atom. The van der Waals surface area contributed by atoms with Gasteiger partial charge in [0.05, 0.1) is 10.2 Å². The van der Waals surface area contributed by atoms with Gasteiger partial charge in [-0.15, -0.1) is 0 Å². The third-order valence-corrected chi connectivity index (χ3v) is 5.74. The van der Waals surface area contributed by atoms with Crippen LogP contribution in [0.1, 0.15) is 28.4 Å². The molecule has 7 heteroatoms. The van der Waals surface area contributed by atoms with Gasteiger partial charge in [-0.25, -0.2) is 9.78 Å². The molecule has 0 unspecified atom stereocenters. The van der Waals surface area contributed by atoms with E-state index in [1.165, 1.54) is 16.9 Å². The molecule has 0 aliphatic carbocycles. The van der Waals surface area contributed by atoms with Crippen LogP contribution in [-0.4, -0.2) is 16.9 Å². The van der Waals surface area contributed by atoms with Crippen molar-refractivity contribution in [3.8, 4) is 0 Å². The number of hydrogen-bond acceptors (Lipinski definition) is 4. The molecule has 3 amide bonds. The molecule has 0 radical (unpaired) electrons. The summed E-state index contributed by atoms with van der Waals surface area (Å²) in [6.45, 7) is 4.02. The zero-order valence-electron chi connectivity index (χ0n) is 17.2. The molecule has 3 N–H and O–H groups in total. The molecule has 6 nitrogen and oxygen atoms in total. The van der Waals surface area contributed by atoms with Gasteiger partial charge < -0.3 is 10.6 Å². The molecule has 0 fully saturated rings. The Morgan fingerprint density at radius 3 is 2.32 bits per heavy atom. The Labute approximate surface area is 184 Å². The number of carbonyl (C=O) groups excluding carboxylic acids is 2. The molecule has 0 spiro atoms. The predicted molar refractivity (Wildman–Crippen MR) is 127 cm³/mol. The Morgan fingerprint density at radius 1 is 0.903 bits per heavy atom. The lowest BCUT2D eigenvalue weighted by Gasteiger charge is -2.09. The standard InChI is InChI=1S/C24H22N4O2S/c1-3-16-9-11-18(12-10-16)25-23(30)26-19-13-15(2)21-20(14-19)31-24(27-21)28-22(29)17-7-5-4-6-8-17/h4-14H,3H2,1-2H3,(H2,25,26,30)(H,27,28,29). The monoisotopic (exact) mass is 430 g/mol. The van der Waals surface area contributed by atoms with Gasteiger partial charge in [-0.2, -0.15) is 0 Å². The highest BCUT2D eigenvalue weighted by Crippen LogP contribution is 2.31. The van der Waals surface area contributed by atoms with Gasteiger partial charge in [0.1, 0.15) is 0 Å². The molecular weight excluding hydrogens is 408 g/mol. The van der Waals surface area contributed by atoms with Crippen LogP contribution in [0.2, 0.25) is 0 Å². The highest BCUT2D eigenvalue weighted by molar-refractivity contribution is 7.22. The van der Waals surface area contributed by atoms with Crippen molar-refractivity contribution in [2.24, 2.45) is 0 Å². The lowest BCUT2D eigenvalue weighted by Crippen LogP contribution is -2.19. The van der Waals surface area contributed by atoms with Crippen molar-refractivity contribution in [3.05, 3.63) is 83.4 Å². The Bertz CT molecular complexity index is 1230. The topological polar surface area (TPSA) is 83.1 Å². The smallest absolute Gasteiger partial charge is 0.308 e. The molecule has 1 heterocycles. The fraction of sp³-hybridized carbons (Fsp3) is 0.125. The number of aromatic nitrogens is 1. The van der Waals surface area contributed by atoms with Gasteiger partial charge in [0.15, 0.2) is 5.13 Å². The van der Waals surface area contributed by atoms with Crippen LogP contribution in [0, 0.1) is 6.92 Å². The third kappa shape index (κ3) is 4.90. The second-order valence-electron chi connectivity index (χ2n) is 7.11. The molecule has 0 atom stereocenters. The first-order valence-electron chi connectivity index (χ1n) is 9.96. The number of benzene rings is 3. The summed E-state index contributed by atoms with van der Waals surface area (Å²) in [5, 5.41) is 9.07. The largest absolute Gasteiger partial charge is 0.323 e. The van der Waals surface area contributed by atoms with Gasteiger partial charge in [-0.1, -0.05) is 48.6 Å². The zero-order valence-corrected chi connectivity index (χ0v) is 18.0. The van der Waals surface area contributed by atoms with E-state index in [9.17, 15) is 9.59 Å². The number of hydrogen-bond donors (Lipinski definition) is 3. The number of fused-ring (bicyclic) bond motifs is 1. The van der Waals surface area contributed by atoms with Crippen molar-refractivity contribution in [1.29, 1.82) is 0 Å². The molecule has 0 aliphatic heterocycles. The van der Waals surface area contributed by atoms with Crippen LogP contribution in [0.3, 0.4) is 0 Å². The first-order valence-corrected chi connectivity index (χ1v) is 10.8. The van der Waals surface area contributed by atoms with Crippen LogP contribution < -0.4 is 16.0 Å². The van der Waals surface area contributed by atoms with Crippen molar-refractivity contribution in [2.45, 2.75) is 20.3 Å². The summed E-state index contributed by atoms with van der Waals surface area (Å²) in [6, 6.07) is 20.2. The van der Waals surface area contributed by atoms with Crippen molar-refractivity contribution < 1.29 is 9.59 Å². The van der Waals surface area contributed by atoms with Crippen LogP contribution in [0.15, 0.2) is 66.7 Å². The fourth-order valence-electron chi connectivity index (χ4n) is 3.20. The van der Waals surface area contributed by atoms with Crippen LogP contribution in [0.4, 0.5) is 21.3 Å². The van der Waals surface area contributed by atoms with E-state index in [2.05, 4.69) is 27.9 Å². The minimum atomic E-state index is -0.315. The van der Waals surface area contributed by atoms with E-state index in [-0.39, 0.29) is 11.9 Å². The van der Waals surface area contributed by atoms with E-state index in [1.54, 1.807) is 12.1 Å². The molecule has 4 rings (SSSR count). The predicted octanol–water partition coefficient (Wildman–Crippen LogP) is 6.06. The number of aryl methyl sites for hydroxylation is 2. The molecule has 0 saturated heterocycles. The summed E-state index contributed by atoms with van der Waals surface area (Å²) < 4.78 is 0.881. The van der Waals surface area contributed by atoms with Gasteiger partial charge >= 0.3 is 6.03 Å². The zero-order chi connectivity index (χ0) is 21.8. The van der Waals surface area contributed by atoms with E-state index in [1.807, 2.05) is 61.5 Å². The molecule has 1 aromatic heterocycles. The van der Waals surface area contributed by atoms with Crippen molar-refractivity contribution in [2.75, 3.05) is 16.0 Å². The molecule has 3 aromatic carbocycles. The van der Waals surface area contributed by atoms with E-state index in [0.29, 0.717) is 16.4 Å². The number of amides is 3. The van der Waals surface area contributed by atoms with E-state index >= 15 is 0 Å². The molecule has 31 heavy (non-hydrogen) atoms. The summed E-state index contributed by atoms with van der Waals surface area (Å²) in [5.41, 5.74) is 4.90.